The number of cyclic esters (lactones) is 1. The average Bonchev–Trinajstić information content (AvgIpc) is 2.17. The van der Waals surface area contributed by atoms with E-state index in [0.717, 1.165) is 0 Å². The highest BCUT2D eigenvalue weighted by Gasteiger charge is 2.32. The molecule has 0 radical (unpaired) electrons. The zero-order chi connectivity index (χ0) is 7.72. The Hall–Kier alpha value is -1.19. The molecule has 0 amide bonds. The maximum absolute atomic E-state index is 10.5. The first kappa shape index (κ1) is 6.92. The van der Waals surface area contributed by atoms with Crippen molar-refractivity contribution in [1.82, 2.24) is 0 Å². The highest BCUT2D eigenvalue weighted by molar-refractivity contribution is 5.88. The first-order valence-electron chi connectivity index (χ1n) is 3.00. The van der Waals surface area contributed by atoms with Gasteiger partial charge in [0.25, 0.3) is 0 Å². The highest BCUT2D eigenvalue weighted by Crippen LogP contribution is 2.20. The topological polar surface area (TPSA) is 66.8 Å². The Bertz CT molecular complexity index is 194. The zero-order valence-corrected chi connectivity index (χ0v) is 5.50. The Morgan fingerprint density at radius 3 is 2.40 bits per heavy atom. The molecule has 0 aromatic carbocycles. The maximum Gasteiger partial charge on any atom is 0.377 e. The van der Waals surface area contributed by atoms with Crippen molar-refractivity contribution in [3.8, 4) is 0 Å². The summed E-state index contributed by atoms with van der Waals surface area (Å²) in [7, 11) is 0. The van der Waals surface area contributed by atoms with Gasteiger partial charge >= 0.3 is 5.97 Å². The van der Waals surface area contributed by atoms with Crippen molar-refractivity contribution in [3.63, 3.8) is 0 Å². The molecule has 1 rings (SSSR count). The van der Waals surface area contributed by atoms with Crippen LogP contribution in [0.3, 0.4) is 0 Å². The van der Waals surface area contributed by atoms with E-state index >= 15 is 0 Å². The number of aliphatic hydroxyl groups excluding tert-OH is 2. The summed E-state index contributed by atoms with van der Waals surface area (Å²) in [5.41, 5.74) is 0. The normalized spacial score (nSPS) is 25.3. The van der Waals surface area contributed by atoms with E-state index in [9.17, 15) is 4.79 Å². The van der Waals surface area contributed by atoms with Crippen LogP contribution in [0.2, 0.25) is 0 Å². The Morgan fingerprint density at radius 1 is 1.60 bits per heavy atom. The van der Waals surface area contributed by atoms with Gasteiger partial charge in [-0.3, -0.25) is 0 Å². The molecule has 0 saturated carbocycles. The van der Waals surface area contributed by atoms with Crippen LogP contribution in [0.4, 0.5) is 0 Å². The zero-order valence-electron chi connectivity index (χ0n) is 5.50. The standard InChI is InChI=1S/C6H8O4/c1-2-3-4(7)5(8)6(9)10-3/h3,7-8H,2H2,1H3/t3-/m1/s1. The molecule has 0 saturated heterocycles. The third-order valence-electron chi connectivity index (χ3n) is 1.36. The number of aliphatic hydroxyl groups is 2. The van der Waals surface area contributed by atoms with Gasteiger partial charge in [0.15, 0.2) is 11.9 Å². The predicted octanol–water partition coefficient (Wildman–Crippen LogP) is 0.649. The molecule has 4 nitrogen and oxygen atoms in total. The summed E-state index contributed by atoms with van der Waals surface area (Å²) in [5, 5.41) is 17.6. The van der Waals surface area contributed by atoms with E-state index in [0.29, 0.717) is 6.42 Å². The molecular weight excluding hydrogens is 136 g/mol. The highest BCUT2D eigenvalue weighted by atomic mass is 16.6. The minimum atomic E-state index is -0.843. The summed E-state index contributed by atoms with van der Waals surface area (Å²) in [6.45, 7) is 1.74. The van der Waals surface area contributed by atoms with E-state index in [-0.39, 0.29) is 5.76 Å². The van der Waals surface area contributed by atoms with Crippen LogP contribution in [0.1, 0.15) is 13.3 Å². The molecule has 0 aromatic heterocycles. The van der Waals surface area contributed by atoms with Crippen molar-refractivity contribution in [1.29, 1.82) is 0 Å². The molecule has 0 spiro atoms. The molecule has 0 fully saturated rings. The van der Waals surface area contributed by atoms with Gasteiger partial charge in [-0.05, 0) is 6.42 Å². The molecule has 0 bridgehead atoms. The van der Waals surface area contributed by atoms with Crippen LogP contribution in [0.15, 0.2) is 11.5 Å². The summed E-state index contributed by atoms with van der Waals surface area (Å²) >= 11 is 0. The molecule has 1 atom stereocenters. The average molecular weight is 144 g/mol. The van der Waals surface area contributed by atoms with Gasteiger partial charge in [0.05, 0.1) is 0 Å². The van der Waals surface area contributed by atoms with E-state index in [1.807, 2.05) is 0 Å². The van der Waals surface area contributed by atoms with Crippen LogP contribution in [-0.4, -0.2) is 22.3 Å². The van der Waals surface area contributed by atoms with Gasteiger partial charge < -0.3 is 14.9 Å². The number of carbonyl (C=O) groups is 1. The molecule has 4 heteroatoms. The van der Waals surface area contributed by atoms with Gasteiger partial charge in [0.2, 0.25) is 5.76 Å². The van der Waals surface area contributed by atoms with Crippen LogP contribution >= 0.6 is 0 Å². The van der Waals surface area contributed by atoms with Crippen molar-refractivity contribution in [3.05, 3.63) is 11.5 Å². The Balaban J connectivity index is 2.83. The van der Waals surface area contributed by atoms with E-state index in [1.165, 1.54) is 0 Å². The minimum Gasteiger partial charge on any atom is -0.505 e. The Labute approximate surface area is 57.7 Å². The Kier molecular flexibility index (Phi) is 1.53. The van der Waals surface area contributed by atoms with Crippen molar-refractivity contribution in [2.75, 3.05) is 0 Å². The number of hydrogen-bond donors (Lipinski definition) is 2. The monoisotopic (exact) mass is 144 g/mol. The summed E-state index contributed by atoms with van der Waals surface area (Å²) < 4.78 is 4.52. The molecule has 2 N–H and O–H groups in total. The van der Waals surface area contributed by atoms with Crippen LogP contribution in [0.25, 0.3) is 0 Å². The van der Waals surface area contributed by atoms with Crippen LogP contribution in [0, 0.1) is 0 Å². The van der Waals surface area contributed by atoms with Gasteiger partial charge in [0.1, 0.15) is 0 Å². The lowest BCUT2D eigenvalue weighted by Crippen LogP contribution is -2.09. The van der Waals surface area contributed by atoms with E-state index in [1.54, 1.807) is 6.92 Å². The fraction of sp³-hybridized carbons (Fsp3) is 0.500. The van der Waals surface area contributed by atoms with Crippen LogP contribution in [0.5, 0.6) is 0 Å². The predicted molar refractivity (Wildman–Crippen MR) is 32.5 cm³/mol. The lowest BCUT2D eigenvalue weighted by molar-refractivity contribution is -0.142. The minimum absolute atomic E-state index is 0.354. The second kappa shape index (κ2) is 2.21. The van der Waals surface area contributed by atoms with Gasteiger partial charge in [-0.25, -0.2) is 4.79 Å². The molecule has 1 heterocycles. The molecule has 0 unspecified atom stereocenters. The molecule has 56 valence electrons. The van der Waals surface area contributed by atoms with Crippen LogP contribution < -0.4 is 0 Å². The first-order chi connectivity index (χ1) is 4.66. The quantitative estimate of drug-likeness (QED) is 0.530. The lowest BCUT2D eigenvalue weighted by atomic mass is 10.2. The molecule has 0 aromatic rings. The second-order valence-corrected chi connectivity index (χ2v) is 2.04. The number of ether oxygens (including phenoxy) is 1. The number of esters is 1. The summed E-state index contributed by atoms with van der Waals surface area (Å²) in [6, 6.07) is 0. The number of hydrogen-bond acceptors (Lipinski definition) is 4. The molecule has 1 aliphatic rings. The third kappa shape index (κ3) is 0.814. The van der Waals surface area contributed by atoms with E-state index in [2.05, 4.69) is 4.74 Å². The number of carbonyl (C=O) groups excluding carboxylic acids is 1. The van der Waals surface area contributed by atoms with Gasteiger partial charge in [0, 0.05) is 0 Å². The van der Waals surface area contributed by atoms with E-state index in [4.69, 9.17) is 10.2 Å². The Morgan fingerprint density at radius 2 is 2.20 bits per heavy atom. The molecular formula is C6H8O4. The maximum atomic E-state index is 10.5. The molecule has 10 heavy (non-hydrogen) atoms. The van der Waals surface area contributed by atoms with Gasteiger partial charge in [-0.15, -0.1) is 0 Å². The summed E-state index contributed by atoms with van der Waals surface area (Å²) in [5.74, 6) is -1.86. The lowest BCUT2D eigenvalue weighted by Gasteiger charge is -2.03. The second-order valence-electron chi connectivity index (χ2n) is 2.04. The fourth-order valence-corrected chi connectivity index (χ4v) is 0.775. The number of rotatable bonds is 1. The smallest absolute Gasteiger partial charge is 0.377 e. The molecule has 1 aliphatic heterocycles. The summed E-state index contributed by atoms with van der Waals surface area (Å²) in [4.78, 5) is 10.5. The van der Waals surface area contributed by atoms with E-state index < -0.39 is 17.8 Å². The van der Waals surface area contributed by atoms with Crippen molar-refractivity contribution < 1.29 is 19.7 Å². The van der Waals surface area contributed by atoms with Crippen LogP contribution in [-0.2, 0) is 9.53 Å². The largest absolute Gasteiger partial charge is 0.505 e. The van der Waals surface area contributed by atoms with Gasteiger partial charge in [-0.2, -0.15) is 0 Å². The summed E-state index contributed by atoms with van der Waals surface area (Å²) in [6.07, 6.45) is -0.172. The fourth-order valence-electron chi connectivity index (χ4n) is 0.775. The first-order valence-corrected chi connectivity index (χ1v) is 3.00. The third-order valence-corrected chi connectivity index (χ3v) is 1.36. The SMILES string of the molecule is CC[C@H]1OC(=O)C(O)=C1O. The van der Waals surface area contributed by atoms with Crippen molar-refractivity contribution in [2.45, 2.75) is 19.4 Å². The molecule has 0 aliphatic carbocycles. The van der Waals surface area contributed by atoms with Gasteiger partial charge in [-0.1, -0.05) is 6.92 Å². The van der Waals surface area contributed by atoms with Crippen molar-refractivity contribution in [2.24, 2.45) is 0 Å². The van der Waals surface area contributed by atoms with Crippen molar-refractivity contribution >= 4 is 5.97 Å².